The number of rotatable bonds is 13. The van der Waals surface area contributed by atoms with Crippen LogP contribution in [0.3, 0.4) is 0 Å². The molecule has 0 unspecified atom stereocenters. The second-order valence-corrected chi connectivity index (χ2v) is 15.8. The molecule has 2 saturated carbocycles. The molecule has 0 amide bonds. The minimum absolute atomic E-state index is 0. The Morgan fingerprint density at radius 3 is 0.870 bits per heavy atom. The van der Waals surface area contributed by atoms with E-state index in [1.165, 1.54) is 0 Å². The van der Waals surface area contributed by atoms with Gasteiger partial charge in [0.25, 0.3) is 0 Å². The van der Waals surface area contributed by atoms with E-state index >= 15 is 0 Å². The normalized spacial score (nSPS) is 17.4. The van der Waals surface area contributed by atoms with Crippen LogP contribution in [0.25, 0.3) is 0 Å². The van der Waals surface area contributed by atoms with Crippen LogP contribution in [0.2, 0.25) is 0 Å². The molecule has 1 radical (unpaired) electrons. The summed E-state index contributed by atoms with van der Waals surface area (Å²) in [7, 11) is 0. The van der Waals surface area contributed by atoms with Crippen molar-refractivity contribution < 1.29 is 56.0 Å². The van der Waals surface area contributed by atoms with Crippen molar-refractivity contribution in [3.8, 4) is 0 Å². The quantitative estimate of drug-likeness (QED) is 0.0425. The summed E-state index contributed by atoms with van der Waals surface area (Å²) in [5.74, 6) is 0. The first-order chi connectivity index (χ1) is 31.9. The zero-order valence-electron chi connectivity index (χ0n) is 39.8. The molecule has 0 aromatic heterocycles. The van der Waals surface area contributed by atoms with Crippen molar-refractivity contribution in [1.29, 1.82) is 0 Å². The van der Waals surface area contributed by atoms with Gasteiger partial charge in [0, 0.05) is 47.9 Å². The Balaban J connectivity index is 0. The van der Waals surface area contributed by atoms with Gasteiger partial charge in [-0.25, -0.2) is 0 Å². The number of para-hydroxylation sites is 2. The predicted molar refractivity (Wildman–Crippen MR) is 297 cm³/mol. The van der Waals surface area contributed by atoms with Crippen LogP contribution < -0.4 is 31.9 Å². The number of anilines is 2. The van der Waals surface area contributed by atoms with Gasteiger partial charge in [0.2, 0.25) is 0 Å². The van der Waals surface area contributed by atoms with Crippen LogP contribution >= 0.6 is 0 Å². The average molecular weight is 1200 g/mol. The molecule has 18 nitrogen and oxygen atoms in total. The first-order valence-corrected chi connectivity index (χ1v) is 23.8. The summed E-state index contributed by atoms with van der Waals surface area (Å²) in [5, 5.41) is 68.6. The standard InChI is InChI=1S/C18H20N6S2.2C12H22N6S2.Cu.2Zn/c1-13(21-23-17(25)19-15-9-5-3-6-10-15)14(2)22-24-18(26)20-16-11-7-4-8-12-16;2*1-3-13-11(19)17-15-9-7-5-6-8-10(9)16-18-12(20)14-4-2;;;/h3-12H,1-2H3,(H2,19,23,25)(H2,20,24,26);2*3-8H2,1-2H3,(H2,13,17,19)(H2,14,18,20);;;/q;;;3*+2/p-6. The maximum absolute atomic E-state index is 5.14. The zero-order chi connectivity index (χ0) is 48.4. The molecule has 367 valence electrons. The molecule has 0 spiro atoms. The molecule has 0 heterocycles. The largest absolute Gasteiger partial charge is 2.00 e. The minimum atomic E-state index is 0. The van der Waals surface area contributed by atoms with Crippen molar-refractivity contribution in [1.82, 2.24) is 21.3 Å². The van der Waals surface area contributed by atoms with Crippen LogP contribution in [0.4, 0.5) is 11.4 Å². The fourth-order valence-corrected chi connectivity index (χ4v) is 6.13. The maximum Gasteiger partial charge on any atom is 2.00 e. The van der Waals surface area contributed by atoms with E-state index in [0.29, 0.717) is 32.1 Å². The van der Waals surface area contributed by atoms with Gasteiger partial charge in [0.15, 0.2) is 0 Å². The first-order valence-electron chi connectivity index (χ1n) is 21.3. The summed E-state index contributed by atoms with van der Waals surface area (Å²) in [4.78, 5) is 0. The molecule has 0 saturated heterocycles. The monoisotopic (exact) mass is 1200 g/mol. The Morgan fingerprint density at radius 1 is 0.391 bits per heavy atom. The predicted octanol–water partition coefficient (Wildman–Crippen LogP) is 6.36. The number of benzene rings is 2. The SMILES string of the molecule is CC(=NN=C([S-])Nc1ccccc1)C(C)=NN=C([S-])Nc1ccccc1.CCNC([S-])=NN=C1CCCCC1=NN=C([S-])NCC.CCNC([S-])=NN=C1CCCCC1=NN=C([S-])NCC.[Cu+2].[Zn+2].[Zn+2]. The number of amidine groups is 6. The Kier molecular flexibility index (Phi) is 41.1. The molecule has 2 aliphatic rings. The molecule has 2 fully saturated rings. The molecule has 6 N–H and O–H groups in total. The second kappa shape index (κ2) is 42.1. The van der Waals surface area contributed by atoms with Crippen LogP contribution in [0.1, 0.15) is 92.9 Å². The third-order valence-corrected chi connectivity index (χ3v) is 9.61. The van der Waals surface area contributed by atoms with Crippen molar-refractivity contribution in [2.45, 2.75) is 92.9 Å². The minimum Gasteiger partial charge on any atom is -0.741 e. The Hall–Kier alpha value is -3.63. The number of hydrogen-bond acceptors (Lipinski definition) is 18. The molecule has 0 bridgehead atoms. The first kappa shape index (κ1) is 67.4. The van der Waals surface area contributed by atoms with Crippen LogP contribution in [0, 0.1) is 0 Å². The van der Waals surface area contributed by atoms with Gasteiger partial charge in [0.05, 0.1) is 34.3 Å². The van der Waals surface area contributed by atoms with Crippen molar-refractivity contribution in [2.75, 3.05) is 36.8 Å². The van der Waals surface area contributed by atoms with Gasteiger partial charge in [-0.2, -0.15) is 61.2 Å². The molecule has 2 aliphatic carbocycles. The van der Waals surface area contributed by atoms with Crippen molar-refractivity contribution in [2.24, 2.45) is 61.2 Å². The number of nitrogens with one attached hydrogen (secondary N) is 6. The van der Waals surface area contributed by atoms with E-state index in [0.717, 1.165) is 112 Å². The Bertz CT molecular complexity index is 1940. The van der Waals surface area contributed by atoms with Crippen LogP contribution in [0.5, 0.6) is 0 Å². The van der Waals surface area contributed by atoms with E-state index in [9.17, 15) is 0 Å². The fourth-order valence-electron chi connectivity index (χ4n) is 5.07. The summed E-state index contributed by atoms with van der Waals surface area (Å²) < 4.78 is 0. The van der Waals surface area contributed by atoms with Gasteiger partial charge in [-0.1, -0.05) is 36.4 Å². The summed E-state index contributed by atoms with van der Waals surface area (Å²) in [5.41, 5.74) is 6.28. The van der Waals surface area contributed by atoms with Gasteiger partial charge in [0.1, 0.15) is 0 Å². The summed E-state index contributed by atoms with van der Waals surface area (Å²) >= 11 is 30.4. The zero-order valence-corrected chi connectivity index (χ0v) is 51.6. The van der Waals surface area contributed by atoms with Gasteiger partial charge in [-0.15, -0.1) is 0 Å². The summed E-state index contributed by atoms with van der Waals surface area (Å²) in [6.07, 6.45) is 7.72. The van der Waals surface area contributed by atoms with Crippen molar-refractivity contribution >= 4 is 152 Å². The number of nitrogens with zero attached hydrogens (tertiary/aromatic N) is 12. The third-order valence-electron chi connectivity index (χ3n) is 8.33. The summed E-state index contributed by atoms with van der Waals surface area (Å²) in [6.45, 7) is 14.3. The topological polar surface area (TPSA) is 221 Å². The summed E-state index contributed by atoms with van der Waals surface area (Å²) in [6, 6.07) is 19.1. The smallest absolute Gasteiger partial charge is 0.741 e. The number of hydrogen-bond donors (Lipinski definition) is 6. The van der Waals surface area contributed by atoms with Gasteiger partial charge in [-0.3, -0.25) is 0 Å². The van der Waals surface area contributed by atoms with Crippen molar-refractivity contribution in [3.63, 3.8) is 0 Å². The Morgan fingerprint density at radius 2 is 0.638 bits per heavy atom. The second-order valence-electron chi connectivity index (χ2n) is 13.5. The van der Waals surface area contributed by atoms with E-state index in [2.05, 4.69) is 93.1 Å². The van der Waals surface area contributed by atoms with Gasteiger partial charge >= 0.3 is 56.0 Å². The average Bonchev–Trinajstić information content (AvgIpc) is 3.31. The molecule has 4 rings (SSSR count). The van der Waals surface area contributed by atoms with E-state index < -0.39 is 0 Å². The molecule has 0 aliphatic heterocycles. The van der Waals surface area contributed by atoms with E-state index in [-0.39, 0.29) is 66.4 Å². The van der Waals surface area contributed by atoms with E-state index in [1.807, 2.05) is 88.4 Å². The van der Waals surface area contributed by atoms with Gasteiger partial charge < -0.3 is 108 Å². The third kappa shape index (κ3) is 32.1. The molecule has 2 aromatic rings. The van der Waals surface area contributed by atoms with E-state index in [4.69, 9.17) is 75.8 Å². The van der Waals surface area contributed by atoms with Crippen LogP contribution in [-0.2, 0) is 132 Å². The molecule has 2 aromatic carbocycles. The Labute approximate surface area is 477 Å². The molecule has 69 heavy (non-hydrogen) atoms. The maximum atomic E-state index is 5.14. The van der Waals surface area contributed by atoms with Gasteiger partial charge in [-0.05, 0) is 138 Å². The van der Waals surface area contributed by atoms with Crippen LogP contribution in [-0.4, -0.2) is 91.5 Å². The fraction of sp³-hybridized carbons (Fsp3) is 0.429. The molecular weight excluding hydrogens is 1140 g/mol. The van der Waals surface area contributed by atoms with Crippen LogP contribution in [0.15, 0.2) is 122 Å². The van der Waals surface area contributed by atoms with Crippen molar-refractivity contribution in [3.05, 3.63) is 60.7 Å². The molecule has 27 heteroatoms. The molecular formula is C42H58CuN18S6Zn2. The molecule has 0 atom stereocenters. The van der Waals surface area contributed by atoms with E-state index in [1.54, 1.807) is 13.8 Å².